The van der Waals surface area contributed by atoms with Crippen molar-refractivity contribution in [1.82, 2.24) is 30.1 Å². The minimum absolute atomic E-state index is 0.0657. The number of hydrogen-bond donors (Lipinski definition) is 1. The van der Waals surface area contributed by atoms with E-state index in [1.165, 1.54) is 17.9 Å². The van der Waals surface area contributed by atoms with Gasteiger partial charge in [-0.15, -0.1) is 0 Å². The first-order valence-electron chi connectivity index (χ1n) is 8.61. The summed E-state index contributed by atoms with van der Waals surface area (Å²) in [5, 5.41) is 11.2. The Morgan fingerprint density at radius 2 is 2.00 bits per heavy atom. The molecule has 4 heterocycles. The maximum absolute atomic E-state index is 14.0. The molecule has 150 valence electrons. The number of aromatic nitrogens is 6. The van der Waals surface area contributed by atoms with E-state index in [1.54, 1.807) is 25.1 Å². The first-order valence-corrected chi connectivity index (χ1v) is 8.61. The predicted molar refractivity (Wildman–Crippen MR) is 97.9 cm³/mol. The molecule has 4 aromatic heterocycles. The van der Waals surface area contributed by atoms with Crippen molar-refractivity contribution in [3.05, 3.63) is 47.0 Å². The first kappa shape index (κ1) is 18.8. The molecule has 11 heteroatoms. The molecular formula is C18H16F3N7O. The first-order chi connectivity index (χ1) is 13.8. The summed E-state index contributed by atoms with van der Waals surface area (Å²) in [5.41, 5.74) is 8.74. The Labute approximate surface area is 162 Å². The molecule has 2 N–H and O–H groups in total. The Morgan fingerprint density at radius 3 is 2.76 bits per heavy atom. The van der Waals surface area contributed by atoms with E-state index >= 15 is 0 Å². The molecule has 0 bridgehead atoms. The number of fused-ring (bicyclic) bond motifs is 1. The third kappa shape index (κ3) is 3.28. The number of anilines is 1. The summed E-state index contributed by atoms with van der Waals surface area (Å²) >= 11 is 0. The fraction of sp³-hybridized carbons (Fsp3) is 0.278. The zero-order chi connectivity index (χ0) is 20.8. The van der Waals surface area contributed by atoms with Gasteiger partial charge in [0.25, 0.3) is 0 Å². The number of nitrogen functional groups attached to an aromatic ring is 1. The van der Waals surface area contributed by atoms with Gasteiger partial charge in [-0.1, -0.05) is 6.07 Å². The number of nitrogens with zero attached hydrogens (tertiary/aromatic N) is 6. The van der Waals surface area contributed by atoms with Crippen LogP contribution in [0.3, 0.4) is 0 Å². The van der Waals surface area contributed by atoms with Crippen LogP contribution in [0.25, 0.3) is 22.4 Å². The third-order valence-corrected chi connectivity index (χ3v) is 4.55. The highest BCUT2D eigenvalue weighted by Gasteiger charge is 2.38. The molecule has 0 aliphatic heterocycles. The lowest BCUT2D eigenvalue weighted by molar-refractivity contribution is -0.0320. The number of hydrogen-bond acceptors (Lipinski definition) is 7. The SMILES string of the molecule is Cc1nc2nonc2c(N)c1Cc1cccc(-c2cn(C)nc2C(F)(F)CF)n1. The van der Waals surface area contributed by atoms with Crippen LogP contribution in [-0.2, 0) is 19.4 Å². The average Bonchev–Trinajstić information content (AvgIpc) is 3.32. The second kappa shape index (κ2) is 6.83. The highest BCUT2D eigenvalue weighted by Crippen LogP contribution is 2.35. The molecule has 0 fully saturated rings. The fourth-order valence-corrected chi connectivity index (χ4v) is 3.13. The molecule has 0 radical (unpaired) electrons. The minimum Gasteiger partial charge on any atom is -0.396 e. The Kier molecular flexibility index (Phi) is 4.44. The summed E-state index contributed by atoms with van der Waals surface area (Å²) in [6, 6.07) is 4.98. The van der Waals surface area contributed by atoms with Gasteiger partial charge in [-0.2, -0.15) is 13.9 Å². The van der Waals surface area contributed by atoms with Crippen molar-refractivity contribution in [1.29, 1.82) is 0 Å². The van der Waals surface area contributed by atoms with Gasteiger partial charge in [0.1, 0.15) is 5.69 Å². The van der Waals surface area contributed by atoms with E-state index in [-0.39, 0.29) is 17.7 Å². The standard InChI is InChI=1S/C18H16F3N7O/c1-9-11(14(22)15-17(23-9)27-29-26-15)6-10-4-3-5-13(24-10)12-7-28(2)25-16(12)18(20,21)8-19/h3-5,7H,6,8,22H2,1-2H3. The molecule has 4 rings (SSSR count). The van der Waals surface area contributed by atoms with Gasteiger partial charge < -0.3 is 5.73 Å². The molecule has 8 nitrogen and oxygen atoms in total. The van der Waals surface area contributed by atoms with Gasteiger partial charge in [-0.3, -0.25) is 9.67 Å². The van der Waals surface area contributed by atoms with Crippen molar-refractivity contribution in [2.45, 2.75) is 19.3 Å². The largest absolute Gasteiger partial charge is 0.396 e. The molecular weight excluding hydrogens is 387 g/mol. The quantitative estimate of drug-likeness (QED) is 0.546. The van der Waals surface area contributed by atoms with E-state index in [0.717, 1.165) is 0 Å². The molecule has 0 aliphatic rings. The zero-order valence-corrected chi connectivity index (χ0v) is 15.5. The molecule has 0 aliphatic carbocycles. The fourth-order valence-electron chi connectivity index (χ4n) is 3.13. The van der Waals surface area contributed by atoms with Crippen LogP contribution in [0.15, 0.2) is 29.0 Å². The van der Waals surface area contributed by atoms with Crippen LogP contribution in [-0.4, -0.2) is 36.7 Å². The maximum atomic E-state index is 14.0. The monoisotopic (exact) mass is 403 g/mol. The van der Waals surface area contributed by atoms with Crippen LogP contribution in [0, 0.1) is 6.92 Å². The number of alkyl halides is 3. The Bertz CT molecular complexity index is 1200. The van der Waals surface area contributed by atoms with Crippen molar-refractivity contribution in [3.8, 4) is 11.3 Å². The van der Waals surface area contributed by atoms with Gasteiger partial charge in [0.05, 0.1) is 11.4 Å². The van der Waals surface area contributed by atoms with Crippen LogP contribution in [0.1, 0.15) is 22.6 Å². The molecule has 0 saturated carbocycles. The summed E-state index contributed by atoms with van der Waals surface area (Å²) in [6.45, 7) is -0.0749. The molecule has 0 saturated heterocycles. The van der Waals surface area contributed by atoms with Gasteiger partial charge in [0.2, 0.25) is 5.65 Å². The van der Waals surface area contributed by atoms with Gasteiger partial charge in [0, 0.05) is 42.2 Å². The summed E-state index contributed by atoms with van der Waals surface area (Å²) in [4.78, 5) is 8.76. The molecule has 0 unspecified atom stereocenters. The zero-order valence-electron chi connectivity index (χ0n) is 15.5. The molecule has 0 amide bonds. The van der Waals surface area contributed by atoms with E-state index in [0.29, 0.717) is 33.8 Å². The Balaban J connectivity index is 1.75. The van der Waals surface area contributed by atoms with Crippen molar-refractivity contribution in [2.75, 3.05) is 12.4 Å². The summed E-state index contributed by atoms with van der Waals surface area (Å²) in [6.07, 6.45) is 1.68. The van der Waals surface area contributed by atoms with Gasteiger partial charge in [0.15, 0.2) is 12.2 Å². The van der Waals surface area contributed by atoms with E-state index in [2.05, 4.69) is 30.0 Å². The van der Waals surface area contributed by atoms with E-state index in [1.807, 2.05) is 0 Å². The number of rotatable bonds is 5. The van der Waals surface area contributed by atoms with E-state index in [4.69, 9.17) is 5.73 Å². The van der Waals surface area contributed by atoms with Gasteiger partial charge >= 0.3 is 5.92 Å². The second-order valence-electron chi connectivity index (χ2n) is 6.62. The van der Waals surface area contributed by atoms with E-state index in [9.17, 15) is 13.2 Å². The summed E-state index contributed by atoms with van der Waals surface area (Å²) < 4.78 is 46.7. The normalized spacial score (nSPS) is 12.0. The number of halogens is 3. The number of pyridine rings is 2. The lowest BCUT2D eigenvalue weighted by Crippen LogP contribution is -2.18. The topological polar surface area (TPSA) is 109 Å². The smallest absolute Gasteiger partial charge is 0.319 e. The highest BCUT2D eigenvalue weighted by molar-refractivity contribution is 5.85. The van der Waals surface area contributed by atoms with Crippen LogP contribution < -0.4 is 5.73 Å². The maximum Gasteiger partial charge on any atom is 0.319 e. The molecule has 0 spiro atoms. The Hall–Kier alpha value is -3.50. The Morgan fingerprint density at radius 1 is 1.21 bits per heavy atom. The molecule has 29 heavy (non-hydrogen) atoms. The summed E-state index contributed by atoms with van der Waals surface area (Å²) in [7, 11) is 1.49. The predicted octanol–water partition coefficient (Wildman–Crippen LogP) is 2.96. The van der Waals surface area contributed by atoms with Gasteiger partial charge in [-0.25, -0.2) is 14.0 Å². The van der Waals surface area contributed by atoms with Crippen molar-refractivity contribution in [3.63, 3.8) is 0 Å². The van der Waals surface area contributed by atoms with Crippen molar-refractivity contribution >= 4 is 16.9 Å². The summed E-state index contributed by atoms with van der Waals surface area (Å²) in [5.74, 6) is -3.70. The molecule has 0 aromatic carbocycles. The lowest BCUT2D eigenvalue weighted by Gasteiger charge is -2.12. The minimum atomic E-state index is -3.70. The van der Waals surface area contributed by atoms with Crippen LogP contribution >= 0.6 is 0 Å². The van der Waals surface area contributed by atoms with Crippen LogP contribution in [0.2, 0.25) is 0 Å². The van der Waals surface area contributed by atoms with Crippen molar-refractivity contribution < 1.29 is 17.8 Å². The second-order valence-corrected chi connectivity index (χ2v) is 6.62. The molecule has 0 atom stereocenters. The van der Waals surface area contributed by atoms with Crippen molar-refractivity contribution in [2.24, 2.45) is 7.05 Å². The number of nitrogens with two attached hydrogens (primary N) is 1. The van der Waals surface area contributed by atoms with Gasteiger partial charge in [-0.05, 0) is 29.4 Å². The number of aryl methyl sites for hydroxylation is 2. The lowest BCUT2D eigenvalue weighted by atomic mass is 10.0. The highest BCUT2D eigenvalue weighted by atomic mass is 19.3. The van der Waals surface area contributed by atoms with Crippen LogP contribution in [0.5, 0.6) is 0 Å². The van der Waals surface area contributed by atoms with Crippen LogP contribution in [0.4, 0.5) is 18.9 Å². The third-order valence-electron chi connectivity index (χ3n) is 4.55. The molecule has 4 aromatic rings. The average molecular weight is 403 g/mol. The van der Waals surface area contributed by atoms with E-state index < -0.39 is 18.3 Å².